The average molecular weight is 296 g/mol. The number of nitrogens with zero attached hydrogens (tertiary/aromatic N) is 2. The van der Waals surface area contributed by atoms with Crippen molar-refractivity contribution in [2.45, 2.75) is 58.5 Å². The van der Waals surface area contributed by atoms with Gasteiger partial charge in [-0.2, -0.15) is 0 Å². The Balaban J connectivity index is 2.12. The van der Waals surface area contributed by atoms with E-state index >= 15 is 0 Å². The van der Waals surface area contributed by atoms with Gasteiger partial charge in [-0.15, -0.1) is 0 Å². The molecule has 1 saturated heterocycles. The second-order valence-corrected chi connectivity index (χ2v) is 5.97. The molecule has 1 N–H and O–H groups in total. The zero-order valence-electron chi connectivity index (χ0n) is 12.7. The first kappa shape index (κ1) is 15.6. The smallest absolute Gasteiger partial charge is 0.129 e. The van der Waals surface area contributed by atoms with Crippen molar-refractivity contribution < 1.29 is 0 Å². The average Bonchev–Trinajstić information content (AvgIpc) is 2.49. The van der Waals surface area contributed by atoms with E-state index in [2.05, 4.69) is 35.1 Å². The SMILES string of the molecule is CCCNCc1cc(N2CCCCC2CC)ncc1Cl. The molecule has 0 saturated carbocycles. The number of rotatable bonds is 6. The molecular weight excluding hydrogens is 270 g/mol. The predicted octanol–water partition coefficient (Wildman–Crippen LogP) is 4.00. The maximum absolute atomic E-state index is 6.26. The molecule has 1 fully saturated rings. The molecule has 3 nitrogen and oxygen atoms in total. The minimum absolute atomic E-state index is 0.633. The third-order valence-corrected chi connectivity index (χ3v) is 4.40. The van der Waals surface area contributed by atoms with Crippen molar-refractivity contribution in [3.8, 4) is 0 Å². The van der Waals surface area contributed by atoms with Gasteiger partial charge in [0.25, 0.3) is 0 Å². The standard InChI is InChI=1S/C16H26ClN3/c1-3-8-18-11-13-10-16(19-12-15(13)17)20-9-6-5-7-14(20)4-2/h10,12,14,18H,3-9,11H2,1-2H3. The number of hydrogen-bond acceptors (Lipinski definition) is 3. The summed E-state index contributed by atoms with van der Waals surface area (Å²) in [6, 6.07) is 2.80. The van der Waals surface area contributed by atoms with Gasteiger partial charge in [-0.05, 0) is 50.3 Å². The number of nitrogens with one attached hydrogen (secondary N) is 1. The number of aromatic nitrogens is 1. The fourth-order valence-corrected chi connectivity index (χ4v) is 3.06. The molecule has 2 rings (SSSR count). The van der Waals surface area contributed by atoms with Crippen molar-refractivity contribution in [1.29, 1.82) is 0 Å². The summed E-state index contributed by atoms with van der Waals surface area (Å²) in [6.07, 6.45) is 8.02. The molecule has 0 bridgehead atoms. The third kappa shape index (κ3) is 3.86. The fourth-order valence-electron chi connectivity index (χ4n) is 2.89. The molecule has 2 heterocycles. The van der Waals surface area contributed by atoms with Crippen molar-refractivity contribution in [1.82, 2.24) is 10.3 Å². The number of anilines is 1. The maximum atomic E-state index is 6.26. The van der Waals surface area contributed by atoms with Crippen LogP contribution in [0.15, 0.2) is 12.3 Å². The van der Waals surface area contributed by atoms with Crippen LogP contribution in [0.4, 0.5) is 5.82 Å². The van der Waals surface area contributed by atoms with Crippen LogP contribution in [0.25, 0.3) is 0 Å². The minimum Gasteiger partial charge on any atom is -0.354 e. The maximum Gasteiger partial charge on any atom is 0.129 e. The lowest BCUT2D eigenvalue weighted by atomic mass is 10.00. The molecule has 0 aromatic carbocycles. The predicted molar refractivity (Wildman–Crippen MR) is 86.5 cm³/mol. The van der Waals surface area contributed by atoms with Crippen LogP contribution in [-0.2, 0) is 6.54 Å². The Labute approximate surface area is 127 Å². The van der Waals surface area contributed by atoms with Gasteiger partial charge in [-0.25, -0.2) is 4.98 Å². The zero-order valence-corrected chi connectivity index (χ0v) is 13.4. The molecule has 1 atom stereocenters. The van der Waals surface area contributed by atoms with Gasteiger partial charge in [0.1, 0.15) is 5.82 Å². The Morgan fingerprint density at radius 2 is 2.25 bits per heavy atom. The first-order valence-corrected chi connectivity index (χ1v) is 8.25. The molecule has 1 aliphatic heterocycles. The third-order valence-electron chi connectivity index (χ3n) is 4.06. The summed E-state index contributed by atoms with van der Waals surface area (Å²) in [5, 5.41) is 4.18. The van der Waals surface area contributed by atoms with Gasteiger partial charge in [0, 0.05) is 25.3 Å². The molecule has 0 amide bonds. The quantitative estimate of drug-likeness (QED) is 0.804. The Kier molecular flexibility index (Phi) is 6.11. The molecule has 0 aliphatic carbocycles. The highest BCUT2D eigenvalue weighted by Crippen LogP contribution is 2.27. The van der Waals surface area contributed by atoms with Gasteiger partial charge < -0.3 is 10.2 Å². The Bertz CT molecular complexity index is 422. The van der Waals surface area contributed by atoms with E-state index in [9.17, 15) is 0 Å². The van der Waals surface area contributed by atoms with Crippen molar-refractivity contribution in [3.63, 3.8) is 0 Å². The molecule has 1 aliphatic rings. The van der Waals surface area contributed by atoms with Crippen molar-refractivity contribution in [2.75, 3.05) is 18.0 Å². The summed E-state index contributed by atoms with van der Waals surface area (Å²) < 4.78 is 0. The number of hydrogen-bond donors (Lipinski definition) is 1. The van der Waals surface area contributed by atoms with E-state index in [1.54, 1.807) is 6.20 Å². The molecule has 112 valence electrons. The van der Waals surface area contributed by atoms with Crippen LogP contribution in [0.2, 0.25) is 5.02 Å². The highest BCUT2D eigenvalue weighted by molar-refractivity contribution is 6.31. The van der Waals surface area contributed by atoms with E-state index < -0.39 is 0 Å². The van der Waals surface area contributed by atoms with Crippen molar-refractivity contribution >= 4 is 17.4 Å². The number of halogens is 1. The summed E-state index contributed by atoms with van der Waals surface area (Å²) in [6.45, 7) is 7.41. The van der Waals surface area contributed by atoms with E-state index in [-0.39, 0.29) is 0 Å². The Hall–Kier alpha value is -0.800. The summed E-state index contributed by atoms with van der Waals surface area (Å²) in [7, 11) is 0. The highest BCUT2D eigenvalue weighted by Gasteiger charge is 2.22. The zero-order chi connectivity index (χ0) is 14.4. The van der Waals surface area contributed by atoms with Gasteiger partial charge in [0.15, 0.2) is 0 Å². The second kappa shape index (κ2) is 7.84. The molecule has 1 aromatic rings. The van der Waals surface area contributed by atoms with Crippen LogP contribution in [0.3, 0.4) is 0 Å². The molecule has 1 aromatic heterocycles. The van der Waals surface area contributed by atoms with Crippen molar-refractivity contribution in [3.05, 3.63) is 22.8 Å². The highest BCUT2D eigenvalue weighted by atomic mass is 35.5. The molecular formula is C16H26ClN3. The minimum atomic E-state index is 0.633. The molecule has 0 radical (unpaired) electrons. The normalized spacial score (nSPS) is 19.4. The first-order chi connectivity index (χ1) is 9.76. The van der Waals surface area contributed by atoms with E-state index in [1.807, 2.05) is 0 Å². The van der Waals surface area contributed by atoms with E-state index in [0.29, 0.717) is 6.04 Å². The molecule has 0 spiro atoms. The van der Waals surface area contributed by atoms with E-state index in [4.69, 9.17) is 11.6 Å². The number of pyridine rings is 1. The van der Waals surface area contributed by atoms with Crippen LogP contribution in [0.5, 0.6) is 0 Å². The lowest BCUT2D eigenvalue weighted by molar-refractivity contribution is 0.446. The monoisotopic (exact) mass is 295 g/mol. The lowest BCUT2D eigenvalue weighted by Crippen LogP contribution is -2.39. The lowest BCUT2D eigenvalue weighted by Gasteiger charge is -2.36. The number of piperidine rings is 1. The molecule has 1 unspecified atom stereocenters. The van der Waals surface area contributed by atoms with Crippen LogP contribution < -0.4 is 10.2 Å². The topological polar surface area (TPSA) is 28.2 Å². The Morgan fingerprint density at radius 1 is 1.40 bits per heavy atom. The first-order valence-electron chi connectivity index (χ1n) is 7.88. The van der Waals surface area contributed by atoms with Crippen LogP contribution in [0.1, 0.15) is 51.5 Å². The van der Waals surface area contributed by atoms with Gasteiger partial charge >= 0.3 is 0 Å². The van der Waals surface area contributed by atoms with Gasteiger partial charge in [0.2, 0.25) is 0 Å². The molecule has 20 heavy (non-hydrogen) atoms. The molecule has 4 heteroatoms. The van der Waals surface area contributed by atoms with E-state index in [0.717, 1.165) is 42.5 Å². The van der Waals surface area contributed by atoms with Crippen LogP contribution in [-0.4, -0.2) is 24.1 Å². The van der Waals surface area contributed by atoms with Crippen LogP contribution >= 0.6 is 11.6 Å². The summed E-state index contributed by atoms with van der Waals surface area (Å²) >= 11 is 6.26. The van der Waals surface area contributed by atoms with Gasteiger partial charge in [0.05, 0.1) is 5.02 Å². The summed E-state index contributed by atoms with van der Waals surface area (Å²) in [5.41, 5.74) is 1.16. The van der Waals surface area contributed by atoms with Crippen molar-refractivity contribution in [2.24, 2.45) is 0 Å². The van der Waals surface area contributed by atoms with E-state index in [1.165, 1.54) is 25.7 Å². The van der Waals surface area contributed by atoms with Gasteiger partial charge in [-0.3, -0.25) is 0 Å². The Morgan fingerprint density at radius 3 is 3.00 bits per heavy atom. The summed E-state index contributed by atoms with van der Waals surface area (Å²) in [4.78, 5) is 7.02. The second-order valence-electron chi connectivity index (χ2n) is 5.56. The fraction of sp³-hybridized carbons (Fsp3) is 0.688. The summed E-state index contributed by atoms with van der Waals surface area (Å²) in [5.74, 6) is 1.09. The van der Waals surface area contributed by atoms with Crippen LogP contribution in [0, 0.1) is 0 Å². The largest absolute Gasteiger partial charge is 0.354 e. The van der Waals surface area contributed by atoms with Gasteiger partial charge in [-0.1, -0.05) is 25.4 Å².